The predicted octanol–water partition coefficient (Wildman–Crippen LogP) is 3.76. The van der Waals surface area contributed by atoms with E-state index in [1.807, 2.05) is 31.2 Å². The summed E-state index contributed by atoms with van der Waals surface area (Å²) in [5.41, 5.74) is 1.05. The Morgan fingerprint density at radius 2 is 2.06 bits per heavy atom. The molecule has 16 heavy (non-hydrogen) atoms. The van der Waals surface area contributed by atoms with Crippen LogP contribution in [0.2, 0.25) is 0 Å². The topological polar surface area (TPSA) is 21.3 Å². The van der Waals surface area contributed by atoms with Gasteiger partial charge in [-0.15, -0.1) is 11.3 Å². The molecule has 0 saturated heterocycles. The standard InChI is InChI=1S/C13H15NOS/c1-2-15-13-8-4-3-7-12(13)14-10-11-6-5-9-16-11/h3-9,14H,2,10H2,1H3. The van der Waals surface area contributed by atoms with Gasteiger partial charge in [0.25, 0.3) is 0 Å². The zero-order valence-corrected chi connectivity index (χ0v) is 10.1. The number of para-hydroxylation sites is 2. The highest BCUT2D eigenvalue weighted by Crippen LogP contribution is 2.24. The molecule has 0 atom stereocenters. The van der Waals surface area contributed by atoms with Crippen LogP contribution in [-0.2, 0) is 6.54 Å². The fourth-order valence-electron chi connectivity index (χ4n) is 1.49. The van der Waals surface area contributed by atoms with Crippen LogP contribution in [0, 0.1) is 0 Å². The van der Waals surface area contributed by atoms with Gasteiger partial charge in [0.2, 0.25) is 0 Å². The van der Waals surface area contributed by atoms with E-state index in [-0.39, 0.29) is 0 Å². The monoisotopic (exact) mass is 233 g/mol. The quantitative estimate of drug-likeness (QED) is 0.849. The van der Waals surface area contributed by atoms with Crippen LogP contribution in [-0.4, -0.2) is 6.61 Å². The third kappa shape index (κ3) is 2.76. The van der Waals surface area contributed by atoms with E-state index >= 15 is 0 Å². The van der Waals surface area contributed by atoms with E-state index in [4.69, 9.17) is 4.74 Å². The molecule has 0 fully saturated rings. The SMILES string of the molecule is CCOc1ccccc1NCc1cccs1. The lowest BCUT2D eigenvalue weighted by atomic mass is 10.3. The van der Waals surface area contributed by atoms with Crippen molar-refractivity contribution in [3.05, 3.63) is 46.7 Å². The van der Waals surface area contributed by atoms with Crippen molar-refractivity contribution in [1.29, 1.82) is 0 Å². The summed E-state index contributed by atoms with van der Waals surface area (Å²) in [6.07, 6.45) is 0. The molecular weight excluding hydrogens is 218 g/mol. The Hall–Kier alpha value is -1.48. The molecule has 1 aromatic carbocycles. The highest BCUT2D eigenvalue weighted by Gasteiger charge is 2.01. The van der Waals surface area contributed by atoms with E-state index in [1.54, 1.807) is 11.3 Å². The zero-order valence-electron chi connectivity index (χ0n) is 9.27. The normalized spacial score (nSPS) is 10.1. The van der Waals surface area contributed by atoms with E-state index < -0.39 is 0 Å². The Morgan fingerprint density at radius 3 is 2.81 bits per heavy atom. The second-order valence-corrected chi connectivity index (χ2v) is 4.39. The van der Waals surface area contributed by atoms with Gasteiger partial charge in [-0.1, -0.05) is 18.2 Å². The molecule has 0 spiro atoms. The summed E-state index contributed by atoms with van der Waals surface area (Å²) in [5, 5.41) is 5.47. The molecule has 0 aliphatic carbocycles. The summed E-state index contributed by atoms with van der Waals surface area (Å²) in [5.74, 6) is 0.918. The largest absolute Gasteiger partial charge is 0.492 e. The summed E-state index contributed by atoms with van der Waals surface area (Å²) in [6, 6.07) is 12.2. The third-order valence-corrected chi connectivity index (χ3v) is 3.10. The van der Waals surface area contributed by atoms with Crippen molar-refractivity contribution in [1.82, 2.24) is 0 Å². The van der Waals surface area contributed by atoms with Crippen molar-refractivity contribution in [2.75, 3.05) is 11.9 Å². The van der Waals surface area contributed by atoms with Crippen LogP contribution < -0.4 is 10.1 Å². The first-order valence-corrected chi connectivity index (χ1v) is 6.26. The first-order chi connectivity index (χ1) is 7.90. The smallest absolute Gasteiger partial charge is 0.142 e. The van der Waals surface area contributed by atoms with E-state index in [9.17, 15) is 0 Å². The van der Waals surface area contributed by atoms with Crippen LogP contribution >= 0.6 is 11.3 Å². The summed E-state index contributed by atoms with van der Waals surface area (Å²) in [6.45, 7) is 3.54. The summed E-state index contributed by atoms with van der Waals surface area (Å²) >= 11 is 1.76. The number of hydrogen-bond acceptors (Lipinski definition) is 3. The first-order valence-electron chi connectivity index (χ1n) is 5.38. The Bertz CT molecular complexity index is 425. The minimum atomic E-state index is 0.692. The molecule has 0 aliphatic heterocycles. The second kappa shape index (κ2) is 5.56. The maximum absolute atomic E-state index is 5.55. The Labute approximate surface area is 99.9 Å². The molecule has 0 amide bonds. The van der Waals surface area contributed by atoms with Crippen molar-refractivity contribution in [2.24, 2.45) is 0 Å². The van der Waals surface area contributed by atoms with E-state index in [2.05, 4.69) is 22.8 Å². The zero-order chi connectivity index (χ0) is 11.2. The van der Waals surface area contributed by atoms with Crippen LogP contribution in [0.25, 0.3) is 0 Å². The van der Waals surface area contributed by atoms with Crippen molar-refractivity contribution in [3.8, 4) is 5.75 Å². The molecule has 1 N–H and O–H groups in total. The molecule has 1 heterocycles. The molecule has 0 saturated carbocycles. The van der Waals surface area contributed by atoms with Crippen LogP contribution in [0.4, 0.5) is 5.69 Å². The Balaban J connectivity index is 2.03. The van der Waals surface area contributed by atoms with Crippen molar-refractivity contribution in [2.45, 2.75) is 13.5 Å². The van der Waals surface area contributed by atoms with Crippen LogP contribution in [0.15, 0.2) is 41.8 Å². The van der Waals surface area contributed by atoms with Gasteiger partial charge in [0.15, 0.2) is 0 Å². The number of hydrogen-bond donors (Lipinski definition) is 1. The lowest BCUT2D eigenvalue weighted by Gasteiger charge is -2.11. The number of ether oxygens (including phenoxy) is 1. The van der Waals surface area contributed by atoms with Crippen LogP contribution in [0.3, 0.4) is 0 Å². The van der Waals surface area contributed by atoms with Crippen LogP contribution in [0.5, 0.6) is 5.75 Å². The lowest BCUT2D eigenvalue weighted by molar-refractivity contribution is 0.341. The second-order valence-electron chi connectivity index (χ2n) is 3.36. The fraction of sp³-hybridized carbons (Fsp3) is 0.231. The third-order valence-electron chi connectivity index (χ3n) is 2.22. The highest BCUT2D eigenvalue weighted by atomic mass is 32.1. The lowest BCUT2D eigenvalue weighted by Crippen LogP contribution is -2.01. The minimum Gasteiger partial charge on any atom is -0.492 e. The molecule has 2 aromatic rings. The number of anilines is 1. The van der Waals surface area contributed by atoms with Crippen molar-refractivity contribution < 1.29 is 4.74 Å². The van der Waals surface area contributed by atoms with Gasteiger partial charge >= 0.3 is 0 Å². The average Bonchev–Trinajstić information content (AvgIpc) is 2.81. The molecule has 1 aromatic heterocycles. The van der Waals surface area contributed by atoms with Crippen LogP contribution in [0.1, 0.15) is 11.8 Å². The molecule has 3 heteroatoms. The molecule has 2 rings (SSSR count). The molecular formula is C13H15NOS. The van der Waals surface area contributed by atoms with Crippen molar-refractivity contribution >= 4 is 17.0 Å². The van der Waals surface area contributed by atoms with Gasteiger partial charge in [-0.2, -0.15) is 0 Å². The molecule has 2 nitrogen and oxygen atoms in total. The minimum absolute atomic E-state index is 0.692. The Morgan fingerprint density at radius 1 is 1.19 bits per heavy atom. The van der Waals surface area contributed by atoms with Gasteiger partial charge < -0.3 is 10.1 Å². The highest BCUT2D eigenvalue weighted by molar-refractivity contribution is 7.09. The molecule has 0 bridgehead atoms. The van der Waals surface area contributed by atoms with E-state index in [0.29, 0.717) is 6.61 Å². The van der Waals surface area contributed by atoms with Crippen molar-refractivity contribution in [3.63, 3.8) is 0 Å². The van der Waals surface area contributed by atoms with Gasteiger partial charge in [-0.25, -0.2) is 0 Å². The maximum atomic E-state index is 5.55. The fourth-order valence-corrected chi connectivity index (χ4v) is 2.13. The maximum Gasteiger partial charge on any atom is 0.142 e. The predicted molar refractivity (Wildman–Crippen MR) is 69.3 cm³/mol. The molecule has 84 valence electrons. The number of benzene rings is 1. The van der Waals surface area contributed by atoms with Gasteiger partial charge in [0, 0.05) is 11.4 Å². The molecule has 0 aliphatic rings. The van der Waals surface area contributed by atoms with Gasteiger partial charge in [-0.05, 0) is 30.5 Å². The molecule has 0 radical (unpaired) electrons. The van der Waals surface area contributed by atoms with Gasteiger partial charge in [0.1, 0.15) is 5.75 Å². The summed E-state index contributed by atoms with van der Waals surface area (Å²) in [7, 11) is 0. The van der Waals surface area contributed by atoms with Gasteiger partial charge in [-0.3, -0.25) is 0 Å². The summed E-state index contributed by atoms with van der Waals surface area (Å²) in [4.78, 5) is 1.33. The number of rotatable bonds is 5. The van der Waals surface area contributed by atoms with E-state index in [1.165, 1.54) is 4.88 Å². The Kier molecular flexibility index (Phi) is 3.83. The average molecular weight is 233 g/mol. The van der Waals surface area contributed by atoms with E-state index in [0.717, 1.165) is 18.0 Å². The molecule has 0 unspecified atom stereocenters. The first kappa shape index (κ1) is 11.0. The van der Waals surface area contributed by atoms with Gasteiger partial charge in [0.05, 0.1) is 12.3 Å². The summed E-state index contributed by atoms with van der Waals surface area (Å²) < 4.78 is 5.55. The number of thiophene rings is 1. The number of nitrogens with one attached hydrogen (secondary N) is 1.